The molecule has 0 bridgehead atoms. The molecule has 0 amide bonds. The Kier molecular flexibility index (Phi) is 2.79. The first-order valence-corrected chi connectivity index (χ1v) is 5.51. The van der Waals surface area contributed by atoms with E-state index in [4.69, 9.17) is 4.74 Å². The van der Waals surface area contributed by atoms with E-state index in [1.54, 1.807) is 0 Å². The molecule has 82 valence electrons. The van der Waals surface area contributed by atoms with Gasteiger partial charge in [0.1, 0.15) is 19.2 Å². The van der Waals surface area contributed by atoms with Crippen molar-refractivity contribution in [3.05, 3.63) is 5.21 Å². The summed E-state index contributed by atoms with van der Waals surface area (Å²) in [7, 11) is 0. The highest BCUT2D eigenvalue weighted by atomic mass is 16.6. The fourth-order valence-electron chi connectivity index (χ4n) is 2.38. The van der Waals surface area contributed by atoms with E-state index >= 15 is 0 Å². The van der Waals surface area contributed by atoms with Crippen LogP contribution in [-0.4, -0.2) is 61.0 Å². The normalized spacial score (nSPS) is 39.9. The Bertz CT molecular complexity index is 210. The van der Waals surface area contributed by atoms with Gasteiger partial charge in [0.2, 0.25) is 0 Å². The molecule has 14 heavy (non-hydrogen) atoms. The summed E-state index contributed by atoms with van der Waals surface area (Å²) in [5.74, 6) is 0. The van der Waals surface area contributed by atoms with Gasteiger partial charge in [0.05, 0.1) is 19.7 Å². The van der Waals surface area contributed by atoms with Crippen molar-refractivity contribution >= 4 is 0 Å². The lowest BCUT2D eigenvalue weighted by Gasteiger charge is -2.56. The molecular weight excluding hydrogens is 180 g/mol. The van der Waals surface area contributed by atoms with Gasteiger partial charge in [-0.05, 0) is 13.8 Å². The Hall–Kier alpha value is -0.160. The van der Waals surface area contributed by atoms with Crippen LogP contribution in [0, 0.1) is 5.21 Å². The Balaban J connectivity index is 2.02. The maximum Gasteiger partial charge on any atom is 0.125 e. The first-order chi connectivity index (χ1) is 6.62. The van der Waals surface area contributed by atoms with E-state index in [1.165, 1.54) is 0 Å². The van der Waals surface area contributed by atoms with Gasteiger partial charge in [-0.25, -0.2) is 0 Å². The minimum atomic E-state index is -0.0107. The molecule has 2 rings (SSSR count). The predicted molar refractivity (Wildman–Crippen MR) is 54.7 cm³/mol. The molecule has 0 saturated carbocycles. The van der Waals surface area contributed by atoms with E-state index in [0.29, 0.717) is 25.8 Å². The second kappa shape index (κ2) is 3.77. The largest absolute Gasteiger partial charge is 0.632 e. The van der Waals surface area contributed by atoms with Gasteiger partial charge in [-0.1, -0.05) is 0 Å². The first-order valence-electron chi connectivity index (χ1n) is 5.51. The summed E-state index contributed by atoms with van der Waals surface area (Å²) in [5.41, 5.74) is 0. The van der Waals surface area contributed by atoms with E-state index in [1.807, 2.05) is 0 Å². The van der Waals surface area contributed by atoms with Gasteiger partial charge in [0, 0.05) is 12.6 Å². The van der Waals surface area contributed by atoms with Gasteiger partial charge in [-0.2, -0.15) is 0 Å². The molecular formula is C10H20N2O2. The Morgan fingerprint density at radius 2 is 2.21 bits per heavy atom. The van der Waals surface area contributed by atoms with Crippen LogP contribution in [0.25, 0.3) is 0 Å². The SMILES string of the molecule is CC(C)N1CC[N+]2([O-])CCOC[C@H]2C1. The van der Waals surface area contributed by atoms with Gasteiger partial charge in [0.15, 0.2) is 0 Å². The molecule has 0 N–H and O–H groups in total. The summed E-state index contributed by atoms with van der Waals surface area (Å²) in [6.07, 6.45) is 0. The third kappa shape index (κ3) is 1.80. The predicted octanol–water partition coefficient (Wildman–Crippen LogP) is 0.424. The second-order valence-electron chi connectivity index (χ2n) is 4.72. The first kappa shape index (κ1) is 10.4. The van der Waals surface area contributed by atoms with E-state index in [0.717, 1.165) is 19.6 Å². The van der Waals surface area contributed by atoms with Crippen LogP contribution in [0.1, 0.15) is 13.8 Å². The maximum absolute atomic E-state index is 12.3. The smallest absolute Gasteiger partial charge is 0.125 e. The molecule has 4 heteroatoms. The van der Waals surface area contributed by atoms with Gasteiger partial charge in [0.25, 0.3) is 0 Å². The van der Waals surface area contributed by atoms with Crippen molar-refractivity contribution < 1.29 is 9.38 Å². The van der Waals surface area contributed by atoms with Crippen LogP contribution in [0.4, 0.5) is 0 Å². The molecule has 0 aliphatic carbocycles. The minimum Gasteiger partial charge on any atom is -0.632 e. The summed E-state index contributed by atoms with van der Waals surface area (Å²) >= 11 is 0. The quantitative estimate of drug-likeness (QED) is 0.455. The zero-order chi connectivity index (χ0) is 10.2. The third-order valence-corrected chi connectivity index (χ3v) is 3.53. The highest BCUT2D eigenvalue weighted by Crippen LogP contribution is 2.23. The van der Waals surface area contributed by atoms with E-state index < -0.39 is 0 Å². The molecule has 2 saturated heterocycles. The summed E-state index contributed by atoms with van der Waals surface area (Å²) in [5, 5.41) is 12.3. The molecule has 0 radical (unpaired) electrons. The third-order valence-electron chi connectivity index (χ3n) is 3.53. The number of hydroxylamine groups is 3. The summed E-state index contributed by atoms with van der Waals surface area (Å²) < 4.78 is 5.38. The number of hydrogen-bond acceptors (Lipinski definition) is 3. The number of quaternary nitrogens is 1. The molecule has 0 spiro atoms. The van der Waals surface area contributed by atoms with Crippen molar-refractivity contribution in [3.63, 3.8) is 0 Å². The lowest BCUT2D eigenvalue weighted by atomic mass is 10.1. The maximum atomic E-state index is 12.3. The second-order valence-corrected chi connectivity index (χ2v) is 4.72. The number of morpholine rings is 1. The Morgan fingerprint density at radius 1 is 1.43 bits per heavy atom. The molecule has 2 fully saturated rings. The molecule has 2 atom stereocenters. The molecule has 0 aromatic carbocycles. The standard InChI is InChI=1S/C10H20N2O2/c1-9(2)11-3-4-12(13)5-6-14-8-10(12)7-11/h9-10H,3-8H2,1-2H3/t10-,12?/m1/s1. The van der Waals surface area contributed by atoms with Crippen molar-refractivity contribution in [1.82, 2.24) is 4.90 Å². The number of fused-ring (bicyclic) bond motifs is 1. The molecule has 0 aromatic rings. The Morgan fingerprint density at radius 3 is 2.93 bits per heavy atom. The molecule has 1 unspecified atom stereocenters. The van der Waals surface area contributed by atoms with Crippen molar-refractivity contribution in [1.29, 1.82) is 0 Å². The zero-order valence-corrected chi connectivity index (χ0v) is 9.11. The fraction of sp³-hybridized carbons (Fsp3) is 1.00. The van der Waals surface area contributed by atoms with Crippen LogP contribution in [0.2, 0.25) is 0 Å². The van der Waals surface area contributed by atoms with Gasteiger partial charge < -0.3 is 14.6 Å². The van der Waals surface area contributed by atoms with Crippen LogP contribution in [-0.2, 0) is 4.74 Å². The molecule has 2 aliphatic heterocycles. The molecule has 4 nitrogen and oxygen atoms in total. The fourth-order valence-corrected chi connectivity index (χ4v) is 2.38. The van der Waals surface area contributed by atoms with E-state index in [9.17, 15) is 5.21 Å². The van der Waals surface area contributed by atoms with Crippen LogP contribution in [0.5, 0.6) is 0 Å². The summed E-state index contributed by atoms with van der Waals surface area (Å²) in [4.78, 5) is 2.38. The average Bonchev–Trinajstić information content (AvgIpc) is 2.16. The van der Waals surface area contributed by atoms with E-state index in [-0.39, 0.29) is 10.7 Å². The van der Waals surface area contributed by atoms with Gasteiger partial charge in [-0.3, -0.25) is 4.90 Å². The number of hydrogen-bond donors (Lipinski definition) is 0. The lowest BCUT2D eigenvalue weighted by Crippen LogP contribution is -2.67. The monoisotopic (exact) mass is 200 g/mol. The lowest BCUT2D eigenvalue weighted by molar-refractivity contribution is -0.918. The van der Waals surface area contributed by atoms with Gasteiger partial charge >= 0.3 is 0 Å². The Labute approximate surface area is 85.6 Å². The van der Waals surface area contributed by atoms with Crippen molar-refractivity contribution in [2.75, 3.05) is 39.4 Å². The van der Waals surface area contributed by atoms with Crippen molar-refractivity contribution in [2.45, 2.75) is 25.9 Å². The number of rotatable bonds is 1. The van der Waals surface area contributed by atoms with Gasteiger partial charge in [-0.15, -0.1) is 0 Å². The van der Waals surface area contributed by atoms with Crippen LogP contribution in [0.3, 0.4) is 0 Å². The minimum absolute atomic E-state index is 0.0107. The molecule has 2 aliphatic rings. The zero-order valence-electron chi connectivity index (χ0n) is 9.11. The van der Waals surface area contributed by atoms with Crippen molar-refractivity contribution in [2.24, 2.45) is 0 Å². The van der Waals surface area contributed by atoms with Crippen LogP contribution in [0.15, 0.2) is 0 Å². The molecule has 2 heterocycles. The van der Waals surface area contributed by atoms with Crippen LogP contribution < -0.4 is 0 Å². The highest BCUT2D eigenvalue weighted by molar-refractivity contribution is 4.77. The number of ether oxygens (including phenoxy) is 1. The average molecular weight is 200 g/mol. The summed E-state index contributed by atoms with van der Waals surface area (Å²) in [6.45, 7) is 8.90. The van der Waals surface area contributed by atoms with E-state index in [2.05, 4.69) is 18.7 Å². The number of nitrogens with zero attached hydrogens (tertiary/aromatic N) is 2. The summed E-state index contributed by atoms with van der Waals surface area (Å²) in [6, 6.07) is 0.700. The van der Waals surface area contributed by atoms with Crippen LogP contribution >= 0.6 is 0 Å². The topological polar surface area (TPSA) is 35.5 Å². The highest BCUT2D eigenvalue weighted by Gasteiger charge is 2.38. The van der Waals surface area contributed by atoms with Crippen molar-refractivity contribution in [3.8, 4) is 0 Å². The molecule has 0 aromatic heterocycles. The number of piperazine rings is 1.